The van der Waals surface area contributed by atoms with Crippen LogP contribution in [0.4, 0.5) is 0 Å². The molecular weight excluding hydrogens is 283 g/mol. The molecular formula is C7H7IN4O. The molecule has 68 valence electrons. The zero-order chi connectivity index (χ0) is 9.59. The number of aryl methyl sites for hydroxylation is 2. The van der Waals surface area contributed by atoms with E-state index in [9.17, 15) is 4.79 Å². The van der Waals surface area contributed by atoms with Gasteiger partial charge in [0, 0.05) is 7.05 Å². The lowest BCUT2D eigenvalue weighted by atomic mass is 10.4. The fourth-order valence-corrected chi connectivity index (χ4v) is 1.80. The van der Waals surface area contributed by atoms with Crippen LogP contribution in [0.25, 0.3) is 11.0 Å². The van der Waals surface area contributed by atoms with Crippen LogP contribution < -0.4 is 5.56 Å². The highest BCUT2D eigenvalue weighted by atomic mass is 127. The third kappa shape index (κ3) is 1.25. The van der Waals surface area contributed by atoms with Crippen LogP contribution in [0, 0.1) is 10.8 Å². The minimum atomic E-state index is -0.141. The Morgan fingerprint density at radius 2 is 2.23 bits per heavy atom. The predicted molar refractivity (Wildman–Crippen MR) is 56.6 cm³/mol. The molecule has 6 heteroatoms. The van der Waals surface area contributed by atoms with Gasteiger partial charge in [0.25, 0.3) is 5.56 Å². The molecule has 0 bridgehead atoms. The molecule has 5 nitrogen and oxygen atoms in total. The Hall–Kier alpha value is -0.920. The quantitative estimate of drug-likeness (QED) is 0.570. The second kappa shape index (κ2) is 2.79. The van der Waals surface area contributed by atoms with Gasteiger partial charge in [0.1, 0.15) is 5.52 Å². The van der Waals surface area contributed by atoms with Gasteiger partial charge < -0.3 is 0 Å². The summed E-state index contributed by atoms with van der Waals surface area (Å²) in [6.45, 7) is 1.84. The molecule has 0 saturated carbocycles. The number of H-pyrrole nitrogens is 1. The fraction of sp³-hybridized carbons (Fsp3) is 0.286. The van der Waals surface area contributed by atoms with Crippen molar-refractivity contribution in [2.75, 3.05) is 0 Å². The van der Waals surface area contributed by atoms with Crippen molar-refractivity contribution < 1.29 is 0 Å². The maximum absolute atomic E-state index is 11.5. The van der Waals surface area contributed by atoms with Gasteiger partial charge in [-0.2, -0.15) is 5.10 Å². The molecule has 2 aromatic rings. The monoisotopic (exact) mass is 290 g/mol. The number of aromatic nitrogens is 4. The third-order valence-electron chi connectivity index (χ3n) is 1.83. The first-order valence-corrected chi connectivity index (χ1v) is 4.76. The van der Waals surface area contributed by atoms with E-state index in [1.165, 1.54) is 0 Å². The number of rotatable bonds is 0. The van der Waals surface area contributed by atoms with Gasteiger partial charge in [-0.3, -0.25) is 14.5 Å². The summed E-state index contributed by atoms with van der Waals surface area (Å²) >= 11 is 1.98. The molecule has 0 aliphatic rings. The van der Waals surface area contributed by atoms with Crippen LogP contribution in [0.1, 0.15) is 5.69 Å². The van der Waals surface area contributed by atoms with Crippen LogP contribution in [0.5, 0.6) is 0 Å². The Morgan fingerprint density at radius 3 is 2.92 bits per heavy atom. The van der Waals surface area contributed by atoms with Gasteiger partial charge in [0.15, 0.2) is 9.35 Å². The zero-order valence-corrected chi connectivity index (χ0v) is 9.29. The van der Waals surface area contributed by atoms with Gasteiger partial charge in [-0.15, -0.1) is 0 Å². The first kappa shape index (κ1) is 8.67. The number of hydrogen-bond acceptors (Lipinski definition) is 3. The van der Waals surface area contributed by atoms with E-state index in [0.29, 0.717) is 14.9 Å². The average Bonchev–Trinajstić information content (AvgIpc) is 2.27. The molecule has 0 aliphatic carbocycles. The van der Waals surface area contributed by atoms with E-state index >= 15 is 0 Å². The zero-order valence-electron chi connectivity index (χ0n) is 7.13. The predicted octanol–water partition coefficient (Wildman–Crippen LogP) is 0.570. The second-order valence-electron chi connectivity index (χ2n) is 2.76. The molecule has 0 atom stereocenters. The van der Waals surface area contributed by atoms with E-state index in [4.69, 9.17) is 0 Å². The highest BCUT2D eigenvalue weighted by Crippen LogP contribution is 2.10. The van der Waals surface area contributed by atoms with Crippen molar-refractivity contribution in [3.8, 4) is 0 Å². The van der Waals surface area contributed by atoms with E-state index in [1.807, 2.05) is 29.5 Å². The van der Waals surface area contributed by atoms with E-state index in [0.717, 1.165) is 5.69 Å². The minimum absolute atomic E-state index is 0.141. The SMILES string of the molecule is Cc1nn(C)c2c(=O)[nH]c(I)nc12. The molecule has 2 rings (SSSR count). The number of aromatic amines is 1. The lowest BCUT2D eigenvalue weighted by Gasteiger charge is -1.92. The molecule has 0 saturated heterocycles. The van der Waals surface area contributed by atoms with E-state index < -0.39 is 0 Å². The van der Waals surface area contributed by atoms with Gasteiger partial charge in [0.05, 0.1) is 5.69 Å². The number of halogens is 1. The lowest BCUT2D eigenvalue weighted by Crippen LogP contribution is -2.12. The summed E-state index contributed by atoms with van der Waals surface area (Å²) in [6.07, 6.45) is 0. The van der Waals surface area contributed by atoms with Crippen LogP contribution in [-0.4, -0.2) is 19.7 Å². The average molecular weight is 290 g/mol. The van der Waals surface area contributed by atoms with Crippen molar-refractivity contribution >= 4 is 33.6 Å². The first-order chi connectivity index (χ1) is 6.09. The molecule has 1 N–H and O–H groups in total. The second-order valence-corrected chi connectivity index (χ2v) is 3.78. The van der Waals surface area contributed by atoms with Crippen molar-refractivity contribution in [2.45, 2.75) is 6.92 Å². The van der Waals surface area contributed by atoms with Gasteiger partial charge >= 0.3 is 0 Å². The maximum Gasteiger partial charge on any atom is 0.277 e. The smallest absolute Gasteiger partial charge is 0.277 e. The van der Waals surface area contributed by atoms with Crippen LogP contribution in [0.2, 0.25) is 0 Å². The van der Waals surface area contributed by atoms with Crippen LogP contribution >= 0.6 is 22.6 Å². The molecule has 0 unspecified atom stereocenters. The summed E-state index contributed by atoms with van der Waals surface area (Å²) in [6, 6.07) is 0. The highest BCUT2D eigenvalue weighted by molar-refractivity contribution is 14.1. The van der Waals surface area contributed by atoms with Gasteiger partial charge in [0.2, 0.25) is 0 Å². The normalized spacial score (nSPS) is 11.0. The van der Waals surface area contributed by atoms with Crippen molar-refractivity contribution in [1.29, 1.82) is 0 Å². The molecule has 0 amide bonds. The number of nitrogens with zero attached hydrogens (tertiary/aromatic N) is 3. The van der Waals surface area contributed by atoms with Crippen molar-refractivity contribution in [1.82, 2.24) is 19.7 Å². The summed E-state index contributed by atoms with van der Waals surface area (Å²) in [7, 11) is 1.74. The van der Waals surface area contributed by atoms with Gasteiger partial charge in [-0.1, -0.05) is 0 Å². The number of hydrogen-bond donors (Lipinski definition) is 1. The maximum atomic E-state index is 11.5. The Balaban J connectivity index is 3.06. The van der Waals surface area contributed by atoms with E-state index in [1.54, 1.807) is 11.7 Å². The molecule has 0 aromatic carbocycles. The molecule has 0 radical (unpaired) electrons. The number of fused-ring (bicyclic) bond motifs is 1. The lowest BCUT2D eigenvalue weighted by molar-refractivity contribution is 0.779. The summed E-state index contributed by atoms with van der Waals surface area (Å²) in [4.78, 5) is 18.3. The highest BCUT2D eigenvalue weighted by Gasteiger charge is 2.10. The fourth-order valence-electron chi connectivity index (χ4n) is 1.31. The molecule has 2 aromatic heterocycles. The van der Waals surface area contributed by atoms with E-state index in [-0.39, 0.29) is 5.56 Å². The van der Waals surface area contributed by atoms with Crippen molar-refractivity contribution in [2.24, 2.45) is 7.05 Å². The van der Waals surface area contributed by atoms with Crippen molar-refractivity contribution in [3.05, 3.63) is 19.9 Å². The van der Waals surface area contributed by atoms with Crippen molar-refractivity contribution in [3.63, 3.8) is 0 Å². The van der Waals surface area contributed by atoms with Crippen LogP contribution in [0.3, 0.4) is 0 Å². The minimum Gasteiger partial charge on any atom is -0.300 e. The Labute approximate surface area is 87.3 Å². The topological polar surface area (TPSA) is 63.6 Å². The number of nitrogens with one attached hydrogen (secondary N) is 1. The summed E-state index contributed by atoms with van der Waals surface area (Å²) < 4.78 is 2.14. The molecule has 0 fully saturated rings. The first-order valence-electron chi connectivity index (χ1n) is 3.68. The molecule has 13 heavy (non-hydrogen) atoms. The van der Waals surface area contributed by atoms with Crippen LogP contribution in [-0.2, 0) is 7.05 Å². The molecule has 0 spiro atoms. The van der Waals surface area contributed by atoms with Gasteiger partial charge in [-0.25, -0.2) is 4.98 Å². The molecule has 2 heterocycles. The van der Waals surface area contributed by atoms with Crippen LogP contribution in [0.15, 0.2) is 4.79 Å². The Kier molecular flexibility index (Phi) is 1.86. The van der Waals surface area contributed by atoms with E-state index in [2.05, 4.69) is 15.1 Å². The largest absolute Gasteiger partial charge is 0.300 e. The molecule has 0 aliphatic heterocycles. The summed E-state index contributed by atoms with van der Waals surface area (Å²) in [5, 5.41) is 4.12. The Morgan fingerprint density at radius 1 is 1.54 bits per heavy atom. The third-order valence-corrected chi connectivity index (χ3v) is 2.34. The summed E-state index contributed by atoms with van der Waals surface area (Å²) in [5.41, 5.74) is 1.84. The van der Waals surface area contributed by atoms with Gasteiger partial charge in [-0.05, 0) is 29.5 Å². The standard InChI is InChI=1S/C7H7IN4O/c1-3-4-5(12(2)11-3)6(13)10-7(8)9-4/h1-2H3,(H,9,10,13). The summed E-state index contributed by atoms with van der Waals surface area (Å²) in [5.74, 6) is 0. The Bertz CT molecular complexity index is 527.